The molecule has 0 spiro atoms. The summed E-state index contributed by atoms with van der Waals surface area (Å²) in [7, 11) is 0. The van der Waals surface area contributed by atoms with Crippen molar-refractivity contribution in [3.05, 3.63) is 52.9 Å². The average Bonchev–Trinajstić information content (AvgIpc) is 2.73. The van der Waals surface area contributed by atoms with Gasteiger partial charge in [0.25, 0.3) is 0 Å². The Morgan fingerprint density at radius 3 is 2.53 bits per heavy atom. The van der Waals surface area contributed by atoms with Gasteiger partial charge in [-0.2, -0.15) is 0 Å². The van der Waals surface area contributed by atoms with Gasteiger partial charge in [0.15, 0.2) is 5.22 Å². The third kappa shape index (κ3) is 3.80. The summed E-state index contributed by atoms with van der Waals surface area (Å²) in [4.78, 5) is 0. The Labute approximate surface area is 105 Å². The van der Waals surface area contributed by atoms with E-state index in [1.54, 1.807) is 18.2 Å². The van der Waals surface area contributed by atoms with E-state index < -0.39 is 0 Å². The van der Waals surface area contributed by atoms with E-state index in [1.807, 2.05) is 18.2 Å². The molecule has 4 heteroatoms. The zero-order chi connectivity index (χ0) is 12.1. The number of phenolic OH excluding ortho intramolecular Hbond substituents is 1. The monoisotopic (exact) mass is 251 g/mol. The van der Waals surface area contributed by atoms with Crippen molar-refractivity contribution in [1.29, 1.82) is 0 Å². The van der Waals surface area contributed by atoms with E-state index in [2.05, 4.69) is 5.32 Å². The molecule has 0 radical (unpaired) electrons. The quantitative estimate of drug-likeness (QED) is 0.803. The number of halogens is 1. The second-order valence-electron chi connectivity index (χ2n) is 3.80. The van der Waals surface area contributed by atoms with Crippen molar-refractivity contribution in [2.75, 3.05) is 6.54 Å². The molecule has 0 fully saturated rings. The summed E-state index contributed by atoms with van der Waals surface area (Å²) < 4.78 is 5.22. The van der Waals surface area contributed by atoms with Crippen LogP contribution in [0.25, 0.3) is 0 Å². The van der Waals surface area contributed by atoms with Gasteiger partial charge in [0.05, 0.1) is 6.54 Å². The highest BCUT2D eigenvalue weighted by atomic mass is 35.5. The minimum Gasteiger partial charge on any atom is -0.508 e. The van der Waals surface area contributed by atoms with Crippen molar-refractivity contribution in [3.8, 4) is 5.75 Å². The van der Waals surface area contributed by atoms with Gasteiger partial charge in [-0.25, -0.2) is 0 Å². The first kappa shape index (κ1) is 12.0. The Kier molecular flexibility index (Phi) is 4.07. The standard InChI is InChI=1S/C13H14ClNO2/c14-13-6-5-12(17-13)9-15-8-7-10-1-3-11(16)4-2-10/h1-6,15-16H,7-9H2. The van der Waals surface area contributed by atoms with Gasteiger partial charge in [0.1, 0.15) is 11.5 Å². The predicted molar refractivity (Wildman–Crippen MR) is 67.2 cm³/mol. The molecular weight excluding hydrogens is 238 g/mol. The minimum atomic E-state index is 0.298. The molecule has 1 heterocycles. The summed E-state index contributed by atoms with van der Waals surface area (Å²) in [5.74, 6) is 1.13. The fourth-order valence-corrected chi connectivity index (χ4v) is 1.72. The molecule has 1 aromatic carbocycles. The highest BCUT2D eigenvalue weighted by Crippen LogP contribution is 2.13. The zero-order valence-corrected chi connectivity index (χ0v) is 10.1. The van der Waals surface area contributed by atoms with Gasteiger partial charge < -0.3 is 14.8 Å². The Morgan fingerprint density at radius 2 is 1.88 bits per heavy atom. The number of benzene rings is 1. The van der Waals surface area contributed by atoms with Gasteiger partial charge >= 0.3 is 0 Å². The fourth-order valence-electron chi connectivity index (χ4n) is 1.55. The summed E-state index contributed by atoms with van der Waals surface area (Å²) in [6.07, 6.45) is 0.911. The van der Waals surface area contributed by atoms with E-state index in [0.717, 1.165) is 18.7 Å². The van der Waals surface area contributed by atoms with Crippen LogP contribution in [-0.4, -0.2) is 11.7 Å². The molecule has 1 aromatic heterocycles. The number of hydrogen-bond acceptors (Lipinski definition) is 3. The van der Waals surface area contributed by atoms with Crippen LogP contribution >= 0.6 is 11.6 Å². The van der Waals surface area contributed by atoms with Crippen LogP contribution in [0.5, 0.6) is 5.75 Å². The van der Waals surface area contributed by atoms with Crippen molar-refractivity contribution < 1.29 is 9.52 Å². The predicted octanol–water partition coefficient (Wildman–Crippen LogP) is 2.97. The number of aromatic hydroxyl groups is 1. The molecule has 0 bridgehead atoms. The van der Waals surface area contributed by atoms with Crippen LogP contribution in [0.15, 0.2) is 40.8 Å². The number of rotatable bonds is 5. The highest BCUT2D eigenvalue weighted by Gasteiger charge is 1.99. The second-order valence-corrected chi connectivity index (χ2v) is 4.17. The van der Waals surface area contributed by atoms with Crippen LogP contribution in [0.2, 0.25) is 5.22 Å². The number of furan rings is 1. The lowest BCUT2D eigenvalue weighted by Gasteiger charge is -2.03. The van der Waals surface area contributed by atoms with E-state index in [9.17, 15) is 0 Å². The summed E-state index contributed by atoms with van der Waals surface area (Å²) >= 11 is 5.67. The van der Waals surface area contributed by atoms with Crippen LogP contribution in [0, 0.1) is 0 Å². The first-order valence-corrected chi connectivity index (χ1v) is 5.85. The number of phenols is 1. The molecule has 0 aliphatic carbocycles. The molecule has 90 valence electrons. The summed E-state index contributed by atoms with van der Waals surface area (Å²) in [6.45, 7) is 1.52. The van der Waals surface area contributed by atoms with E-state index in [-0.39, 0.29) is 0 Å². The Morgan fingerprint density at radius 1 is 1.12 bits per heavy atom. The van der Waals surface area contributed by atoms with Crippen molar-refractivity contribution in [1.82, 2.24) is 5.32 Å². The molecule has 0 aliphatic heterocycles. The van der Waals surface area contributed by atoms with Crippen molar-refractivity contribution >= 4 is 11.6 Å². The molecule has 0 unspecified atom stereocenters. The van der Waals surface area contributed by atoms with Crippen LogP contribution in [0.3, 0.4) is 0 Å². The third-order valence-corrected chi connectivity index (χ3v) is 2.66. The molecule has 0 saturated heterocycles. The first-order chi connectivity index (χ1) is 8.24. The van der Waals surface area contributed by atoms with Gasteiger partial charge in [-0.05, 0) is 54.4 Å². The summed E-state index contributed by atoms with van der Waals surface area (Å²) in [5, 5.41) is 12.8. The molecule has 17 heavy (non-hydrogen) atoms. The Bertz CT molecular complexity index is 465. The first-order valence-electron chi connectivity index (χ1n) is 5.47. The normalized spacial score (nSPS) is 10.6. The average molecular weight is 252 g/mol. The second kappa shape index (κ2) is 5.75. The highest BCUT2D eigenvalue weighted by molar-refractivity contribution is 6.28. The lowest BCUT2D eigenvalue weighted by atomic mass is 10.1. The number of nitrogens with one attached hydrogen (secondary N) is 1. The molecule has 2 rings (SSSR count). The van der Waals surface area contributed by atoms with Crippen LogP contribution in [0.1, 0.15) is 11.3 Å². The molecule has 0 amide bonds. The lowest BCUT2D eigenvalue weighted by molar-refractivity contribution is 0.475. The number of hydrogen-bond donors (Lipinski definition) is 2. The maximum absolute atomic E-state index is 9.14. The maximum atomic E-state index is 9.14. The largest absolute Gasteiger partial charge is 0.508 e. The van der Waals surface area contributed by atoms with E-state index in [1.165, 1.54) is 5.56 Å². The van der Waals surface area contributed by atoms with E-state index in [0.29, 0.717) is 17.5 Å². The van der Waals surface area contributed by atoms with Gasteiger partial charge in [0, 0.05) is 0 Å². The van der Waals surface area contributed by atoms with Gasteiger partial charge in [0.2, 0.25) is 0 Å². The third-order valence-electron chi connectivity index (χ3n) is 2.45. The van der Waals surface area contributed by atoms with Crippen molar-refractivity contribution in [2.24, 2.45) is 0 Å². The molecule has 2 aromatic rings. The van der Waals surface area contributed by atoms with Crippen LogP contribution in [0.4, 0.5) is 0 Å². The smallest absolute Gasteiger partial charge is 0.193 e. The summed E-state index contributed by atoms with van der Waals surface area (Å²) in [5.41, 5.74) is 1.19. The van der Waals surface area contributed by atoms with Crippen molar-refractivity contribution in [3.63, 3.8) is 0 Å². The van der Waals surface area contributed by atoms with E-state index in [4.69, 9.17) is 21.1 Å². The SMILES string of the molecule is Oc1ccc(CCNCc2ccc(Cl)o2)cc1. The Balaban J connectivity index is 1.71. The van der Waals surface area contributed by atoms with E-state index >= 15 is 0 Å². The molecule has 0 atom stereocenters. The molecular formula is C13H14ClNO2. The van der Waals surface area contributed by atoms with Gasteiger partial charge in [-0.3, -0.25) is 0 Å². The van der Waals surface area contributed by atoms with Crippen LogP contribution in [-0.2, 0) is 13.0 Å². The molecule has 2 N–H and O–H groups in total. The zero-order valence-electron chi connectivity index (χ0n) is 9.32. The summed E-state index contributed by atoms with van der Waals surface area (Å²) in [6, 6.07) is 10.8. The Hall–Kier alpha value is -1.45. The topological polar surface area (TPSA) is 45.4 Å². The van der Waals surface area contributed by atoms with Crippen molar-refractivity contribution in [2.45, 2.75) is 13.0 Å². The van der Waals surface area contributed by atoms with Gasteiger partial charge in [-0.15, -0.1) is 0 Å². The molecule has 0 saturated carbocycles. The minimum absolute atomic E-state index is 0.298. The molecule has 3 nitrogen and oxygen atoms in total. The lowest BCUT2D eigenvalue weighted by Crippen LogP contribution is -2.16. The molecule has 0 aliphatic rings. The van der Waals surface area contributed by atoms with Crippen LogP contribution < -0.4 is 5.32 Å². The van der Waals surface area contributed by atoms with Gasteiger partial charge in [-0.1, -0.05) is 12.1 Å². The maximum Gasteiger partial charge on any atom is 0.193 e. The fraction of sp³-hybridized carbons (Fsp3) is 0.231.